The lowest BCUT2D eigenvalue weighted by Gasteiger charge is -2.36. The average molecular weight is 419 g/mol. The molecule has 0 aliphatic carbocycles. The Hall–Kier alpha value is -2.46. The van der Waals surface area contributed by atoms with Crippen LogP contribution in [0.15, 0.2) is 23.5 Å². The predicted molar refractivity (Wildman–Crippen MR) is 117 cm³/mol. The quantitative estimate of drug-likeness (QED) is 0.355. The topological polar surface area (TPSA) is 89.4 Å². The Balaban J connectivity index is 1.51. The van der Waals surface area contributed by atoms with Crippen LogP contribution in [0.2, 0.25) is 0 Å². The first-order valence-electron chi connectivity index (χ1n) is 10.7. The Morgan fingerprint density at radius 1 is 1.13 bits per heavy atom. The Labute approximate surface area is 178 Å². The summed E-state index contributed by atoms with van der Waals surface area (Å²) in [5.74, 6) is 1.57. The molecule has 10 heteroatoms. The molecule has 2 fully saturated rings. The van der Waals surface area contributed by atoms with Crippen LogP contribution in [0.4, 0.5) is 5.95 Å². The highest BCUT2D eigenvalue weighted by atomic mass is 16.5. The van der Waals surface area contributed by atoms with Gasteiger partial charge in [-0.25, -0.2) is 15.0 Å². The lowest BCUT2D eigenvalue weighted by molar-refractivity contribution is -0.127. The summed E-state index contributed by atoms with van der Waals surface area (Å²) in [5.41, 5.74) is 0. The van der Waals surface area contributed by atoms with E-state index in [1.165, 1.54) is 0 Å². The van der Waals surface area contributed by atoms with E-state index in [1.54, 1.807) is 31.4 Å². The predicted octanol–water partition coefficient (Wildman–Crippen LogP) is -0.645. The number of hydrogen-bond donors (Lipinski definition) is 1. The van der Waals surface area contributed by atoms with E-state index in [0.29, 0.717) is 0 Å². The van der Waals surface area contributed by atoms with Crippen molar-refractivity contribution < 1.29 is 9.53 Å². The maximum absolute atomic E-state index is 12.0. The third-order valence-corrected chi connectivity index (χ3v) is 5.32. The van der Waals surface area contributed by atoms with Crippen molar-refractivity contribution in [1.82, 2.24) is 30.0 Å². The number of hydrogen-bond acceptors (Lipinski definition) is 7. The number of aliphatic imine (C=N–C) groups is 1. The highest BCUT2D eigenvalue weighted by molar-refractivity contribution is 5.85. The second kappa shape index (κ2) is 11.7. The average Bonchev–Trinajstić information content (AvgIpc) is 2.79. The number of piperazine rings is 1. The lowest BCUT2D eigenvalue weighted by atomic mass is 10.3. The number of morpholine rings is 1. The number of aromatic nitrogens is 2. The van der Waals surface area contributed by atoms with E-state index in [9.17, 15) is 4.79 Å². The molecule has 0 aromatic carbocycles. The molecule has 2 aliphatic heterocycles. The Morgan fingerprint density at radius 3 is 2.50 bits per heavy atom. The van der Waals surface area contributed by atoms with Gasteiger partial charge in [0.05, 0.1) is 13.2 Å². The molecule has 0 saturated carbocycles. The highest BCUT2D eigenvalue weighted by Crippen LogP contribution is 2.10. The first-order valence-corrected chi connectivity index (χ1v) is 10.7. The number of nitrogens with zero attached hydrogens (tertiary/aromatic N) is 7. The zero-order valence-electron chi connectivity index (χ0n) is 18.2. The summed E-state index contributed by atoms with van der Waals surface area (Å²) in [4.78, 5) is 33.7. The Bertz CT molecular complexity index is 671. The van der Waals surface area contributed by atoms with E-state index in [0.717, 1.165) is 83.9 Å². The van der Waals surface area contributed by atoms with Crippen LogP contribution in [0, 0.1) is 0 Å². The van der Waals surface area contributed by atoms with Gasteiger partial charge in [0, 0.05) is 72.3 Å². The zero-order chi connectivity index (χ0) is 21.2. The Morgan fingerprint density at radius 2 is 1.83 bits per heavy atom. The van der Waals surface area contributed by atoms with Crippen LogP contribution in [0.25, 0.3) is 0 Å². The summed E-state index contributed by atoms with van der Waals surface area (Å²) in [7, 11) is 3.51. The molecule has 3 rings (SSSR count). The number of guanidine groups is 1. The summed E-state index contributed by atoms with van der Waals surface area (Å²) in [6.07, 6.45) is 4.56. The van der Waals surface area contributed by atoms with Crippen molar-refractivity contribution in [3.8, 4) is 0 Å². The van der Waals surface area contributed by atoms with Crippen LogP contribution >= 0.6 is 0 Å². The number of rotatable bonds is 7. The van der Waals surface area contributed by atoms with Crippen LogP contribution in [-0.4, -0.2) is 123 Å². The molecule has 3 heterocycles. The van der Waals surface area contributed by atoms with Crippen molar-refractivity contribution >= 4 is 17.8 Å². The highest BCUT2D eigenvalue weighted by Gasteiger charge is 2.21. The van der Waals surface area contributed by atoms with Crippen LogP contribution < -0.4 is 10.2 Å². The fourth-order valence-corrected chi connectivity index (χ4v) is 3.45. The first kappa shape index (κ1) is 22.2. The molecule has 1 aromatic heterocycles. The van der Waals surface area contributed by atoms with Crippen molar-refractivity contribution in [2.45, 2.75) is 6.42 Å². The number of nitrogens with one attached hydrogen (secondary N) is 1. The second-order valence-electron chi connectivity index (χ2n) is 7.69. The van der Waals surface area contributed by atoms with Crippen molar-refractivity contribution in [3.63, 3.8) is 0 Å². The molecular weight excluding hydrogens is 384 g/mol. The van der Waals surface area contributed by atoms with Gasteiger partial charge < -0.3 is 24.8 Å². The summed E-state index contributed by atoms with van der Waals surface area (Å²) >= 11 is 0. The lowest BCUT2D eigenvalue weighted by Crippen LogP contribution is -2.53. The zero-order valence-corrected chi connectivity index (χ0v) is 18.2. The number of likely N-dealkylation sites (N-methyl/N-ethyl adjacent to an activating group) is 1. The van der Waals surface area contributed by atoms with Gasteiger partial charge in [0.1, 0.15) is 6.54 Å². The molecule has 0 spiro atoms. The van der Waals surface area contributed by atoms with Crippen LogP contribution in [-0.2, 0) is 9.53 Å². The molecule has 1 N–H and O–H groups in total. The normalized spacial score (nSPS) is 18.4. The van der Waals surface area contributed by atoms with E-state index in [1.807, 2.05) is 6.07 Å². The SMILES string of the molecule is CN(C)C(=O)CN=C(NCCCN1CCOCC1)N1CCN(c2ncccn2)CC1. The van der Waals surface area contributed by atoms with Gasteiger partial charge in [0.15, 0.2) is 5.96 Å². The smallest absolute Gasteiger partial charge is 0.243 e. The van der Waals surface area contributed by atoms with E-state index >= 15 is 0 Å². The molecule has 1 amide bonds. The summed E-state index contributed by atoms with van der Waals surface area (Å²) in [6.45, 7) is 8.93. The minimum Gasteiger partial charge on any atom is -0.379 e. The minimum atomic E-state index is -0.000983. The number of amides is 1. The molecule has 0 unspecified atom stereocenters. The monoisotopic (exact) mass is 418 g/mol. The molecular formula is C20H34N8O2. The van der Waals surface area contributed by atoms with E-state index < -0.39 is 0 Å². The van der Waals surface area contributed by atoms with Gasteiger partial charge in [-0.05, 0) is 19.0 Å². The summed E-state index contributed by atoms with van der Waals surface area (Å²) < 4.78 is 5.41. The molecule has 1 aromatic rings. The number of carbonyl (C=O) groups is 1. The van der Waals surface area contributed by atoms with Gasteiger partial charge in [-0.1, -0.05) is 0 Å². The summed E-state index contributed by atoms with van der Waals surface area (Å²) in [6, 6.07) is 1.83. The van der Waals surface area contributed by atoms with E-state index in [2.05, 4.69) is 35.0 Å². The van der Waals surface area contributed by atoms with E-state index in [-0.39, 0.29) is 12.5 Å². The van der Waals surface area contributed by atoms with Crippen LogP contribution in [0.3, 0.4) is 0 Å². The maximum Gasteiger partial charge on any atom is 0.243 e. The first-order chi connectivity index (χ1) is 14.6. The molecule has 0 atom stereocenters. The van der Waals surface area contributed by atoms with Crippen molar-refractivity contribution in [3.05, 3.63) is 18.5 Å². The fourth-order valence-electron chi connectivity index (χ4n) is 3.45. The Kier molecular flexibility index (Phi) is 8.64. The van der Waals surface area contributed by atoms with Crippen LogP contribution in [0.5, 0.6) is 0 Å². The summed E-state index contributed by atoms with van der Waals surface area (Å²) in [5, 5.41) is 3.48. The number of carbonyl (C=O) groups excluding carboxylic acids is 1. The molecule has 30 heavy (non-hydrogen) atoms. The third-order valence-electron chi connectivity index (χ3n) is 5.32. The number of anilines is 1. The van der Waals surface area contributed by atoms with Crippen molar-refractivity contribution in [2.75, 3.05) is 91.1 Å². The van der Waals surface area contributed by atoms with E-state index in [4.69, 9.17) is 4.74 Å². The number of ether oxygens (including phenoxy) is 1. The van der Waals surface area contributed by atoms with Gasteiger partial charge in [0.2, 0.25) is 11.9 Å². The van der Waals surface area contributed by atoms with Gasteiger partial charge in [0.25, 0.3) is 0 Å². The van der Waals surface area contributed by atoms with Crippen molar-refractivity contribution in [2.24, 2.45) is 4.99 Å². The molecule has 166 valence electrons. The molecule has 2 saturated heterocycles. The molecule has 10 nitrogen and oxygen atoms in total. The third kappa shape index (κ3) is 6.81. The second-order valence-corrected chi connectivity index (χ2v) is 7.69. The molecule has 0 radical (unpaired) electrons. The molecule has 2 aliphatic rings. The minimum absolute atomic E-state index is 0.000983. The largest absolute Gasteiger partial charge is 0.379 e. The van der Waals surface area contributed by atoms with Gasteiger partial charge in [-0.3, -0.25) is 9.69 Å². The van der Waals surface area contributed by atoms with Gasteiger partial charge in [-0.2, -0.15) is 0 Å². The fraction of sp³-hybridized carbons (Fsp3) is 0.700. The van der Waals surface area contributed by atoms with Crippen LogP contribution in [0.1, 0.15) is 6.42 Å². The van der Waals surface area contributed by atoms with Crippen molar-refractivity contribution in [1.29, 1.82) is 0 Å². The van der Waals surface area contributed by atoms with Gasteiger partial charge >= 0.3 is 0 Å². The standard InChI is InChI=1S/C20H34N8O2/c1-25(2)18(29)17-24-20(23-7-4-8-26-13-15-30-16-14-26)28-11-9-27(10-12-28)19-21-5-3-6-22-19/h3,5-6H,4,7-17H2,1-2H3,(H,23,24). The van der Waals surface area contributed by atoms with Gasteiger partial charge in [-0.15, -0.1) is 0 Å². The maximum atomic E-state index is 12.0. The molecule has 0 bridgehead atoms.